The molecule has 1 heterocycles. The van der Waals surface area contributed by atoms with Gasteiger partial charge >= 0.3 is 0 Å². The maximum atomic E-state index is 12.1. The Labute approximate surface area is 129 Å². The zero-order valence-corrected chi connectivity index (χ0v) is 14.4. The monoisotopic (exact) mass is 316 g/mol. The normalized spacial score (nSPS) is 13.1. The van der Waals surface area contributed by atoms with Crippen molar-refractivity contribution in [2.45, 2.75) is 33.2 Å². The average molecular weight is 316 g/mol. The number of nitrogen functional groups attached to an aromatic ring is 1. The Bertz CT molecular complexity index is 454. The Hall–Kier alpha value is -0.950. The first kappa shape index (κ1) is 17.1. The molecule has 0 saturated carbocycles. The Balaban J connectivity index is 2.64. The number of aromatic nitrogens is 1. The van der Waals surface area contributed by atoms with Gasteiger partial charge in [0.2, 0.25) is 0 Å². The van der Waals surface area contributed by atoms with Crippen molar-refractivity contribution in [3.8, 4) is 0 Å². The van der Waals surface area contributed by atoms with Crippen LogP contribution in [-0.4, -0.2) is 35.0 Å². The lowest BCUT2D eigenvalue weighted by molar-refractivity contribution is 0.0954. The van der Waals surface area contributed by atoms with Gasteiger partial charge in [-0.25, -0.2) is 4.98 Å². The smallest absolute Gasteiger partial charge is 0.265 e. The lowest BCUT2D eigenvalue weighted by Gasteiger charge is -2.19. The van der Waals surface area contributed by atoms with Crippen molar-refractivity contribution < 1.29 is 4.79 Å². The van der Waals surface area contributed by atoms with E-state index in [9.17, 15) is 4.79 Å². The molecule has 0 spiro atoms. The van der Waals surface area contributed by atoms with Crippen LogP contribution in [0.5, 0.6) is 0 Å². The van der Waals surface area contributed by atoms with E-state index in [4.69, 9.17) is 5.73 Å². The summed E-state index contributed by atoms with van der Waals surface area (Å²) in [6.07, 6.45) is 2.06. The number of hydrogen-bond acceptors (Lipinski definition) is 6. The minimum absolute atomic E-state index is 0.106. The number of thioether (sulfide) groups is 1. The molecule has 1 aromatic heterocycles. The van der Waals surface area contributed by atoms with Crippen LogP contribution in [0.3, 0.4) is 0 Å². The largest absolute Gasteiger partial charge is 0.382 e. The van der Waals surface area contributed by atoms with Crippen molar-refractivity contribution in [3.63, 3.8) is 0 Å². The summed E-state index contributed by atoms with van der Waals surface area (Å²) in [5.41, 5.74) is 5.71. The summed E-state index contributed by atoms with van der Waals surface area (Å²) in [5, 5.41) is 6.82. The lowest BCUT2D eigenvalue weighted by Crippen LogP contribution is -2.29. The molecule has 114 valence electrons. The van der Waals surface area contributed by atoms with Gasteiger partial charge in [0, 0.05) is 12.1 Å². The first-order chi connectivity index (χ1) is 9.23. The van der Waals surface area contributed by atoms with E-state index in [0.717, 1.165) is 5.75 Å². The third kappa shape index (κ3) is 5.58. The maximum Gasteiger partial charge on any atom is 0.265 e. The molecule has 1 rings (SSSR count). The van der Waals surface area contributed by atoms with Gasteiger partial charge in [-0.2, -0.15) is 11.8 Å². The minimum Gasteiger partial charge on any atom is -0.382 e. The van der Waals surface area contributed by atoms with Gasteiger partial charge in [-0.1, -0.05) is 18.3 Å². The second kappa shape index (κ2) is 7.17. The molecule has 0 aliphatic rings. The van der Waals surface area contributed by atoms with Crippen molar-refractivity contribution in [2.75, 3.05) is 29.6 Å². The SMILES string of the molecule is CSCC(C)CNC(=O)c1sc(NC(C)(C)C)nc1N. The first-order valence-electron chi connectivity index (χ1n) is 6.54. The molecule has 0 radical (unpaired) electrons. The second-order valence-electron chi connectivity index (χ2n) is 5.88. The number of hydrogen-bond donors (Lipinski definition) is 3. The number of nitrogens with one attached hydrogen (secondary N) is 2. The number of nitrogens with two attached hydrogens (primary N) is 1. The molecule has 5 nitrogen and oxygen atoms in total. The molecule has 4 N–H and O–H groups in total. The molecule has 0 fully saturated rings. The fourth-order valence-electron chi connectivity index (χ4n) is 1.56. The van der Waals surface area contributed by atoms with Gasteiger partial charge < -0.3 is 16.4 Å². The van der Waals surface area contributed by atoms with Gasteiger partial charge in [0.1, 0.15) is 10.7 Å². The molecule has 0 saturated heterocycles. The zero-order chi connectivity index (χ0) is 15.3. The van der Waals surface area contributed by atoms with Crippen LogP contribution in [-0.2, 0) is 0 Å². The van der Waals surface area contributed by atoms with Crippen LogP contribution in [0.15, 0.2) is 0 Å². The summed E-state index contributed by atoms with van der Waals surface area (Å²) in [6.45, 7) is 8.87. The van der Waals surface area contributed by atoms with Crippen LogP contribution in [0, 0.1) is 5.92 Å². The van der Waals surface area contributed by atoms with E-state index in [-0.39, 0.29) is 17.3 Å². The molecule has 1 unspecified atom stereocenters. The summed E-state index contributed by atoms with van der Waals surface area (Å²) in [5.74, 6) is 1.61. The van der Waals surface area contributed by atoms with Crippen LogP contribution in [0.2, 0.25) is 0 Å². The topological polar surface area (TPSA) is 80.0 Å². The molecule has 0 aliphatic heterocycles. The molecule has 20 heavy (non-hydrogen) atoms. The van der Waals surface area contributed by atoms with Crippen molar-refractivity contribution in [1.29, 1.82) is 0 Å². The predicted molar refractivity (Wildman–Crippen MR) is 89.8 cm³/mol. The molecule has 0 aromatic carbocycles. The van der Waals surface area contributed by atoms with Crippen molar-refractivity contribution in [3.05, 3.63) is 4.88 Å². The van der Waals surface area contributed by atoms with Crippen LogP contribution in [0.25, 0.3) is 0 Å². The van der Waals surface area contributed by atoms with E-state index in [1.54, 1.807) is 11.8 Å². The van der Waals surface area contributed by atoms with Gasteiger partial charge in [0.15, 0.2) is 5.13 Å². The number of carbonyl (C=O) groups is 1. The predicted octanol–water partition coefficient (Wildman–Crippen LogP) is 2.66. The quantitative estimate of drug-likeness (QED) is 0.752. The van der Waals surface area contributed by atoms with Gasteiger partial charge in [0.25, 0.3) is 5.91 Å². The zero-order valence-electron chi connectivity index (χ0n) is 12.7. The van der Waals surface area contributed by atoms with Gasteiger partial charge in [-0.3, -0.25) is 4.79 Å². The highest BCUT2D eigenvalue weighted by molar-refractivity contribution is 7.98. The van der Waals surface area contributed by atoms with Crippen LogP contribution in [0.4, 0.5) is 10.9 Å². The fourth-order valence-corrected chi connectivity index (χ4v) is 3.26. The van der Waals surface area contributed by atoms with E-state index in [1.165, 1.54) is 11.3 Å². The summed E-state index contributed by atoms with van der Waals surface area (Å²) in [4.78, 5) is 16.8. The van der Waals surface area contributed by atoms with Crippen molar-refractivity contribution in [2.24, 2.45) is 5.92 Å². The molecular weight excluding hydrogens is 292 g/mol. The van der Waals surface area contributed by atoms with Crippen LogP contribution in [0.1, 0.15) is 37.4 Å². The third-order valence-corrected chi connectivity index (χ3v) is 4.29. The summed E-state index contributed by atoms with van der Waals surface area (Å²) in [6, 6.07) is 0. The van der Waals surface area contributed by atoms with Gasteiger partial charge in [0.05, 0.1) is 0 Å². The number of rotatable bonds is 6. The first-order valence-corrected chi connectivity index (χ1v) is 8.75. The van der Waals surface area contributed by atoms with E-state index in [1.807, 2.05) is 20.8 Å². The van der Waals surface area contributed by atoms with E-state index in [2.05, 4.69) is 28.8 Å². The van der Waals surface area contributed by atoms with E-state index < -0.39 is 0 Å². The minimum atomic E-state index is -0.144. The number of anilines is 2. The molecule has 1 amide bonds. The van der Waals surface area contributed by atoms with Gasteiger partial charge in [-0.15, -0.1) is 0 Å². The highest BCUT2D eigenvalue weighted by Crippen LogP contribution is 2.27. The number of nitrogens with zero attached hydrogens (tertiary/aromatic N) is 1. The average Bonchev–Trinajstić information content (AvgIpc) is 2.65. The van der Waals surface area contributed by atoms with Crippen molar-refractivity contribution >= 4 is 40.0 Å². The molecule has 7 heteroatoms. The van der Waals surface area contributed by atoms with E-state index >= 15 is 0 Å². The number of carbonyl (C=O) groups excluding carboxylic acids is 1. The molecule has 0 aliphatic carbocycles. The molecule has 0 bridgehead atoms. The molecule has 1 atom stereocenters. The maximum absolute atomic E-state index is 12.1. The Morgan fingerprint density at radius 3 is 2.70 bits per heavy atom. The lowest BCUT2D eigenvalue weighted by atomic mass is 10.1. The van der Waals surface area contributed by atoms with E-state index in [0.29, 0.717) is 22.5 Å². The summed E-state index contributed by atoms with van der Waals surface area (Å²) < 4.78 is 0. The summed E-state index contributed by atoms with van der Waals surface area (Å²) >= 11 is 3.07. The van der Waals surface area contributed by atoms with Crippen LogP contribution < -0.4 is 16.4 Å². The second-order valence-corrected chi connectivity index (χ2v) is 7.79. The molecule has 1 aromatic rings. The Kier molecular flexibility index (Phi) is 6.13. The Morgan fingerprint density at radius 1 is 1.50 bits per heavy atom. The van der Waals surface area contributed by atoms with Gasteiger partial charge in [-0.05, 0) is 38.7 Å². The highest BCUT2D eigenvalue weighted by Gasteiger charge is 2.19. The Morgan fingerprint density at radius 2 is 2.15 bits per heavy atom. The number of amides is 1. The third-order valence-electron chi connectivity index (χ3n) is 2.40. The summed E-state index contributed by atoms with van der Waals surface area (Å²) in [7, 11) is 0. The highest BCUT2D eigenvalue weighted by atomic mass is 32.2. The fraction of sp³-hybridized carbons (Fsp3) is 0.692. The molecular formula is C13H24N4OS2. The van der Waals surface area contributed by atoms with Crippen molar-refractivity contribution in [1.82, 2.24) is 10.3 Å². The standard InChI is InChI=1S/C13H24N4OS2/c1-8(7-19-5)6-15-11(18)9-10(14)16-12(20-9)17-13(2,3)4/h8H,6-7,14H2,1-5H3,(H,15,18)(H,16,17). The number of thiazole rings is 1. The van der Waals surface area contributed by atoms with Crippen LogP contribution >= 0.6 is 23.1 Å².